The third-order valence-corrected chi connectivity index (χ3v) is 1.85. The number of anilines is 1. The second-order valence-corrected chi connectivity index (χ2v) is 3.35. The van der Waals surface area contributed by atoms with Crippen LogP contribution in [0.1, 0.15) is 6.92 Å². The number of nitrogens with zero attached hydrogens (tertiary/aromatic N) is 2. The number of nitrogens with one attached hydrogen (secondary N) is 2. The maximum Gasteiger partial charge on any atom is 0.401 e. The van der Waals surface area contributed by atoms with Crippen molar-refractivity contribution in [3.63, 3.8) is 0 Å². The van der Waals surface area contributed by atoms with E-state index in [4.69, 9.17) is 0 Å². The van der Waals surface area contributed by atoms with Gasteiger partial charge >= 0.3 is 6.18 Å². The number of hydrogen-bond acceptors (Lipinski definition) is 3. The van der Waals surface area contributed by atoms with Crippen LogP contribution in [0.25, 0.3) is 0 Å². The molecule has 1 aromatic rings. The molecule has 2 N–H and O–H groups in total. The van der Waals surface area contributed by atoms with Crippen molar-refractivity contribution in [1.29, 1.82) is 0 Å². The summed E-state index contributed by atoms with van der Waals surface area (Å²) in [5.41, 5.74) is 0.464. The third-order valence-electron chi connectivity index (χ3n) is 1.85. The van der Waals surface area contributed by atoms with E-state index in [1.807, 2.05) is 12.2 Å². The van der Waals surface area contributed by atoms with Crippen LogP contribution in [-0.2, 0) is 11.3 Å². The molecule has 1 rings (SSSR count). The minimum atomic E-state index is -4.31. The Morgan fingerprint density at radius 3 is 2.76 bits per heavy atom. The van der Waals surface area contributed by atoms with E-state index in [2.05, 4.69) is 10.4 Å². The fourth-order valence-corrected chi connectivity index (χ4v) is 1.12. The normalized spacial score (nSPS) is 11.5. The molecule has 0 unspecified atom stereocenters. The molecule has 0 spiro atoms. The quantitative estimate of drug-likeness (QED) is 0.819. The third kappa shape index (κ3) is 5.34. The molecule has 8 heteroatoms. The van der Waals surface area contributed by atoms with Crippen LogP contribution in [0, 0.1) is 0 Å². The lowest BCUT2D eigenvalue weighted by Crippen LogP contribution is -2.35. The summed E-state index contributed by atoms with van der Waals surface area (Å²) in [6.45, 7) is 0.955. The summed E-state index contributed by atoms with van der Waals surface area (Å²) in [4.78, 5) is 11.2. The van der Waals surface area contributed by atoms with Crippen LogP contribution in [0.3, 0.4) is 0 Å². The van der Waals surface area contributed by atoms with Crippen molar-refractivity contribution in [2.45, 2.75) is 19.6 Å². The first kappa shape index (κ1) is 13.5. The van der Waals surface area contributed by atoms with Crippen molar-refractivity contribution in [2.75, 3.05) is 18.4 Å². The molecular formula is C9H13F3N4O. The first-order valence-electron chi connectivity index (χ1n) is 5.00. The standard InChI is InChI=1S/C9H13F3N4O/c1-2-16-5-7(3-14-16)15-8(17)4-13-6-9(10,11)12/h3,5,13H,2,4,6H2,1H3,(H,15,17). The number of carbonyl (C=O) groups excluding carboxylic acids is 1. The van der Waals surface area contributed by atoms with Crippen molar-refractivity contribution >= 4 is 11.6 Å². The van der Waals surface area contributed by atoms with Gasteiger partial charge in [-0.1, -0.05) is 0 Å². The van der Waals surface area contributed by atoms with Crippen LogP contribution in [0.15, 0.2) is 12.4 Å². The van der Waals surface area contributed by atoms with Crippen LogP contribution in [-0.4, -0.2) is 35.0 Å². The molecule has 0 atom stereocenters. The van der Waals surface area contributed by atoms with Gasteiger partial charge in [-0.05, 0) is 6.92 Å². The van der Waals surface area contributed by atoms with Crippen LogP contribution in [0.4, 0.5) is 18.9 Å². The zero-order chi connectivity index (χ0) is 12.9. The summed E-state index contributed by atoms with van der Waals surface area (Å²) in [5.74, 6) is -0.537. The van der Waals surface area contributed by atoms with E-state index >= 15 is 0 Å². The van der Waals surface area contributed by atoms with Gasteiger partial charge in [-0.25, -0.2) is 0 Å². The summed E-state index contributed by atoms with van der Waals surface area (Å²) < 4.78 is 36.9. The molecule has 1 aromatic heterocycles. The molecule has 0 saturated heterocycles. The second kappa shape index (κ2) is 5.67. The molecule has 0 bridgehead atoms. The van der Waals surface area contributed by atoms with Crippen LogP contribution in [0.2, 0.25) is 0 Å². The smallest absolute Gasteiger partial charge is 0.322 e. The van der Waals surface area contributed by atoms with Gasteiger partial charge in [0, 0.05) is 12.7 Å². The number of alkyl halides is 3. The van der Waals surface area contributed by atoms with Gasteiger partial charge in [-0.3, -0.25) is 9.48 Å². The molecule has 1 heterocycles. The van der Waals surface area contributed by atoms with Gasteiger partial charge < -0.3 is 10.6 Å². The molecule has 1 amide bonds. The second-order valence-electron chi connectivity index (χ2n) is 3.35. The van der Waals surface area contributed by atoms with Gasteiger partial charge in [0.15, 0.2) is 0 Å². The highest BCUT2D eigenvalue weighted by molar-refractivity contribution is 5.91. The Bertz CT molecular complexity index is 375. The lowest BCUT2D eigenvalue weighted by atomic mass is 10.5. The first-order valence-corrected chi connectivity index (χ1v) is 5.00. The Balaban J connectivity index is 2.30. The minimum Gasteiger partial charge on any atom is -0.322 e. The van der Waals surface area contributed by atoms with E-state index in [0.717, 1.165) is 0 Å². The summed E-state index contributed by atoms with van der Waals surface area (Å²) in [7, 11) is 0. The maximum atomic E-state index is 11.8. The Morgan fingerprint density at radius 1 is 1.53 bits per heavy atom. The molecule has 17 heavy (non-hydrogen) atoms. The molecule has 0 radical (unpaired) electrons. The Hall–Kier alpha value is -1.57. The number of rotatable bonds is 5. The summed E-state index contributed by atoms with van der Waals surface area (Å²) >= 11 is 0. The highest BCUT2D eigenvalue weighted by Gasteiger charge is 2.26. The van der Waals surface area contributed by atoms with Gasteiger partial charge in [-0.2, -0.15) is 18.3 Å². The largest absolute Gasteiger partial charge is 0.401 e. The van der Waals surface area contributed by atoms with Crippen molar-refractivity contribution < 1.29 is 18.0 Å². The first-order chi connectivity index (χ1) is 7.90. The topological polar surface area (TPSA) is 59.0 Å². The number of amides is 1. The Labute approximate surface area is 96.0 Å². The Kier molecular flexibility index (Phi) is 4.50. The molecule has 96 valence electrons. The summed E-state index contributed by atoms with van der Waals surface area (Å²) in [5, 5.41) is 8.34. The predicted molar refractivity (Wildman–Crippen MR) is 55.5 cm³/mol. The number of halogens is 3. The molecule has 5 nitrogen and oxygen atoms in total. The summed E-state index contributed by atoms with van der Waals surface area (Å²) in [6, 6.07) is 0. The highest BCUT2D eigenvalue weighted by atomic mass is 19.4. The van der Waals surface area contributed by atoms with Gasteiger partial charge in [0.25, 0.3) is 0 Å². The number of aromatic nitrogens is 2. The van der Waals surface area contributed by atoms with E-state index in [9.17, 15) is 18.0 Å². The fraction of sp³-hybridized carbons (Fsp3) is 0.556. The number of hydrogen-bond donors (Lipinski definition) is 2. The van der Waals surface area contributed by atoms with Gasteiger partial charge in [0.2, 0.25) is 5.91 Å². The van der Waals surface area contributed by atoms with E-state index in [0.29, 0.717) is 12.2 Å². The SMILES string of the molecule is CCn1cc(NC(=O)CNCC(F)(F)F)cn1. The fourth-order valence-electron chi connectivity index (χ4n) is 1.12. The van der Waals surface area contributed by atoms with Crippen molar-refractivity contribution in [3.05, 3.63) is 12.4 Å². The van der Waals surface area contributed by atoms with Crippen LogP contribution < -0.4 is 10.6 Å². The molecular weight excluding hydrogens is 237 g/mol. The van der Waals surface area contributed by atoms with E-state index in [-0.39, 0.29) is 0 Å². The Morgan fingerprint density at radius 2 is 2.24 bits per heavy atom. The number of aryl methyl sites for hydroxylation is 1. The van der Waals surface area contributed by atoms with Gasteiger partial charge in [0.05, 0.1) is 25.0 Å². The lowest BCUT2D eigenvalue weighted by molar-refractivity contribution is -0.126. The number of carbonyl (C=O) groups is 1. The van der Waals surface area contributed by atoms with E-state index < -0.39 is 25.2 Å². The predicted octanol–water partition coefficient (Wildman–Crippen LogP) is 0.993. The van der Waals surface area contributed by atoms with Gasteiger partial charge in [0.1, 0.15) is 0 Å². The monoisotopic (exact) mass is 250 g/mol. The van der Waals surface area contributed by atoms with Crippen molar-refractivity contribution in [2.24, 2.45) is 0 Å². The van der Waals surface area contributed by atoms with E-state index in [1.54, 1.807) is 10.9 Å². The zero-order valence-electron chi connectivity index (χ0n) is 9.21. The van der Waals surface area contributed by atoms with Gasteiger partial charge in [-0.15, -0.1) is 0 Å². The lowest BCUT2D eigenvalue weighted by Gasteiger charge is -2.07. The highest BCUT2D eigenvalue weighted by Crippen LogP contribution is 2.11. The average molecular weight is 250 g/mol. The molecule has 0 aliphatic carbocycles. The molecule has 0 aromatic carbocycles. The minimum absolute atomic E-state index is 0.392. The molecule has 0 aliphatic heterocycles. The maximum absolute atomic E-state index is 11.8. The van der Waals surface area contributed by atoms with Crippen molar-refractivity contribution in [1.82, 2.24) is 15.1 Å². The molecule has 0 aliphatic rings. The average Bonchev–Trinajstić information content (AvgIpc) is 2.63. The molecule has 0 saturated carbocycles. The van der Waals surface area contributed by atoms with Crippen LogP contribution >= 0.6 is 0 Å². The molecule has 0 fully saturated rings. The van der Waals surface area contributed by atoms with Crippen LogP contribution in [0.5, 0.6) is 0 Å². The van der Waals surface area contributed by atoms with Crippen molar-refractivity contribution in [3.8, 4) is 0 Å². The summed E-state index contributed by atoms with van der Waals surface area (Å²) in [6.07, 6.45) is -1.28. The zero-order valence-corrected chi connectivity index (χ0v) is 9.21. The van der Waals surface area contributed by atoms with E-state index in [1.165, 1.54) is 6.20 Å².